The van der Waals surface area contributed by atoms with E-state index in [-0.39, 0.29) is 0 Å². The Hall–Kier alpha value is -0.900. The van der Waals surface area contributed by atoms with E-state index in [1.807, 2.05) is 0 Å². The van der Waals surface area contributed by atoms with E-state index in [2.05, 4.69) is 40.4 Å². The topological polar surface area (TPSA) is 42.7 Å². The summed E-state index contributed by atoms with van der Waals surface area (Å²) < 4.78 is 2.11. The predicted octanol–water partition coefficient (Wildman–Crippen LogP) is 2.53. The summed E-state index contributed by atoms with van der Waals surface area (Å²) in [7, 11) is 0. The van der Waals surface area contributed by atoms with Gasteiger partial charge in [0.1, 0.15) is 0 Å². The Labute approximate surface area is 109 Å². The highest BCUT2D eigenvalue weighted by Gasteiger charge is 2.26. The van der Waals surface area contributed by atoms with E-state index in [1.165, 1.54) is 32.1 Å². The van der Waals surface area contributed by atoms with Gasteiger partial charge < -0.3 is 5.32 Å². The smallest absolute Gasteiger partial charge is 0.0965 e. The lowest BCUT2D eigenvalue weighted by molar-refractivity contribution is 0.208. The maximum atomic E-state index is 4.33. The number of hydrogen-bond acceptors (Lipinski definition) is 3. The van der Waals surface area contributed by atoms with E-state index < -0.39 is 0 Å². The zero-order valence-corrected chi connectivity index (χ0v) is 11.5. The van der Waals surface area contributed by atoms with Gasteiger partial charge in [0.25, 0.3) is 0 Å². The van der Waals surface area contributed by atoms with Gasteiger partial charge in [0, 0.05) is 12.6 Å². The van der Waals surface area contributed by atoms with Gasteiger partial charge in [-0.2, -0.15) is 0 Å². The molecule has 0 spiro atoms. The van der Waals surface area contributed by atoms with E-state index in [0.29, 0.717) is 6.04 Å². The lowest BCUT2D eigenvalue weighted by Gasteiger charge is -2.31. The van der Waals surface area contributed by atoms with Gasteiger partial charge in [-0.3, -0.25) is 0 Å². The van der Waals surface area contributed by atoms with E-state index in [0.717, 1.165) is 30.1 Å². The van der Waals surface area contributed by atoms with Crippen molar-refractivity contribution in [2.45, 2.75) is 64.6 Å². The molecule has 4 heteroatoms. The number of nitrogens with one attached hydrogen (secondary N) is 1. The third kappa shape index (κ3) is 2.91. The Morgan fingerprint density at radius 3 is 2.61 bits per heavy atom. The molecule has 2 unspecified atom stereocenters. The molecule has 0 saturated heterocycles. The summed E-state index contributed by atoms with van der Waals surface area (Å²) in [5, 5.41) is 12.1. The Morgan fingerprint density at radius 1 is 1.22 bits per heavy atom. The summed E-state index contributed by atoms with van der Waals surface area (Å²) in [4.78, 5) is 0. The van der Waals surface area contributed by atoms with Crippen molar-refractivity contribution in [1.82, 2.24) is 20.3 Å². The predicted molar refractivity (Wildman–Crippen MR) is 71.1 cm³/mol. The van der Waals surface area contributed by atoms with Crippen molar-refractivity contribution in [2.75, 3.05) is 0 Å². The molecular formula is C14H24N4. The molecule has 0 amide bonds. The highest BCUT2D eigenvalue weighted by molar-refractivity contribution is 4.96. The molecule has 1 aromatic heterocycles. The molecule has 2 atom stereocenters. The van der Waals surface area contributed by atoms with Crippen LogP contribution < -0.4 is 5.32 Å². The monoisotopic (exact) mass is 248 g/mol. The van der Waals surface area contributed by atoms with Crippen molar-refractivity contribution in [3.8, 4) is 0 Å². The quantitative estimate of drug-likeness (QED) is 0.890. The van der Waals surface area contributed by atoms with Crippen LogP contribution in [0.3, 0.4) is 0 Å². The lowest BCUT2D eigenvalue weighted by atomic mass is 9.80. The zero-order valence-electron chi connectivity index (χ0n) is 11.5. The van der Waals surface area contributed by atoms with Gasteiger partial charge in [-0.25, -0.2) is 4.68 Å². The van der Waals surface area contributed by atoms with E-state index in [9.17, 15) is 0 Å². The second-order valence-corrected chi connectivity index (χ2v) is 6.42. The maximum Gasteiger partial charge on any atom is 0.0965 e. The molecule has 4 nitrogen and oxygen atoms in total. The average Bonchev–Trinajstić information content (AvgIpc) is 3.02. The Balaban J connectivity index is 1.60. The van der Waals surface area contributed by atoms with Gasteiger partial charge in [0.15, 0.2) is 0 Å². The van der Waals surface area contributed by atoms with Crippen LogP contribution >= 0.6 is 0 Å². The first-order valence-electron chi connectivity index (χ1n) is 7.35. The normalized spacial score (nSPS) is 32.7. The fourth-order valence-electron chi connectivity index (χ4n) is 3.23. The average molecular weight is 248 g/mol. The number of nitrogens with zero attached hydrogens (tertiary/aromatic N) is 3. The number of hydrogen-bond donors (Lipinski definition) is 1. The molecule has 2 aliphatic rings. The van der Waals surface area contributed by atoms with Crippen LogP contribution in [-0.2, 0) is 6.54 Å². The van der Waals surface area contributed by atoms with Gasteiger partial charge in [-0.05, 0) is 43.9 Å². The molecule has 0 aliphatic heterocycles. The van der Waals surface area contributed by atoms with Crippen LogP contribution in [0, 0.1) is 11.8 Å². The second kappa shape index (κ2) is 5.00. The summed E-state index contributed by atoms with van der Waals surface area (Å²) in [5.74, 6) is 1.63. The van der Waals surface area contributed by atoms with Crippen molar-refractivity contribution < 1.29 is 0 Å². The summed E-state index contributed by atoms with van der Waals surface area (Å²) in [6, 6.07) is 1.30. The van der Waals surface area contributed by atoms with Gasteiger partial charge in [0.2, 0.25) is 0 Å². The van der Waals surface area contributed by atoms with E-state index >= 15 is 0 Å². The third-order valence-electron chi connectivity index (χ3n) is 4.23. The fraction of sp³-hybridized carbons (Fsp3) is 0.857. The Bertz CT molecular complexity index is 386. The van der Waals surface area contributed by atoms with Gasteiger partial charge >= 0.3 is 0 Å². The third-order valence-corrected chi connectivity index (χ3v) is 4.23. The summed E-state index contributed by atoms with van der Waals surface area (Å²) in [6.45, 7) is 5.59. The van der Waals surface area contributed by atoms with Crippen LogP contribution in [0.2, 0.25) is 0 Å². The van der Waals surface area contributed by atoms with Crippen molar-refractivity contribution in [3.63, 3.8) is 0 Å². The highest BCUT2D eigenvalue weighted by atomic mass is 15.4. The van der Waals surface area contributed by atoms with Crippen molar-refractivity contribution >= 4 is 0 Å². The molecule has 0 aromatic carbocycles. The Morgan fingerprint density at radius 2 is 1.94 bits per heavy atom. The molecule has 0 radical (unpaired) electrons. The van der Waals surface area contributed by atoms with Crippen LogP contribution in [0.1, 0.15) is 57.7 Å². The second-order valence-electron chi connectivity index (χ2n) is 6.42. The first kappa shape index (κ1) is 12.2. The van der Waals surface area contributed by atoms with Gasteiger partial charge in [-0.1, -0.05) is 19.1 Å². The molecule has 3 rings (SSSR count). The van der Waals surface area contributed by atoms with Crippen LogP contribution in [0.15, 0.2) is 6.20 Å². The highest BCUT2D eigenvalue weighted by Crippen LogP contribution is 2.35. The van der Waals surface area contributed by atoms with Gasteiger partial charge in [-0.15, -0.1) is 5.10 Å². The maximum absolute atomic E-state index is 4.33. The van der Waals surface area contributed by atoms with Gasteiger partial charge in [0.05, 0.1) is 17.9 Å². The summed E-state index contributed by atoms with van der Waals surface area (Å²) in [6.07, 6.45) is 8.66. The minimum absolute atomic E-state index is 0.561. The van der Waals surface area contributed by atoms with Crippen LogP contribution in [0.4, 0.5) is 0 Å². The molecule has 2 aliphatic carbocycles. The number of rotatable bonds is 4. The molecule has 2 saturated carbocycles. The Kier molecular flexibility index (Phi) is 3.37. The minimum atomic E-state index is 0.561. The van der Waals surface area contributed by atoms with Crippen molar-refractivity contribution in [3.05, 3.63) is 11.9 Å². The summed E-state index contributed by atoms with van der Waals surface area (Å²) in [5.41, 5.74) is 1.09. The summed E-state index contributed by atoms with van der Waals surface area (Å²) >= 11 is 0. The van der Waals surface area contributed by atoms with E-state index in [1.54, 1.807) is 0 Å². The van der Waals surface area contributed by atoms with Crippen LogP contribution in [0.25, 0.3) is 0 Å². The minimum Gasteiger partial charge on any atom is -0.308 e. The first-order chi connectivity index (χ1) is 8.70. The lowest BCUT2D eigenvalue weighted by Crippen LogP contribution is -2.23. The number of aromatic nitrogens is 3. The molecule has 1 N–H and O–H groups in total. The van der Waals surface area contributed by atoms with Crippen molar-refractivity contribution in [1.29, 1.82) is 0 Å². The molecular weight excluding hydrogens is 224 g/mol. The molecule has 2 fully saturated rings. The zero-order chi connectivity index (χ0) is 12.5. The molecule has 1 heterocycles. The molecule has 0 bridgehead atoms. The van der Waals surface area contributed by atoms with Crippen LogP contribution in [0.5, 0.6) is 0 Å². The largest absolute Gasteiger partial charge is 0.308 e. The molecule has 1 aromatic rings. The van der Waals surface area contributed by atoms with Crippen LogP contribution in [-0.4, -0.2) is 21.0 Å². The molecule has 100 valence electrons. The SMILES string of the molecule is CC1CC(C)CC(n2cc(CNC3CC3)nn2)C1. The standard InChI is InChI=1S/C14H24N4/c1-10-5-11(2)7-14(6-10)18-9-13(16-17-18)8-15-12-3-4-12/h9-12,14-15H,3-8H2,1-2H3. The van der Waals surface area contributed by atoms with E-state index in [4.69, 9.17) is 0 Å². The molecule has 18 heavy (non-hydrogen) atoms. The van der Waals surface area contributed by atoms with Crippen molar-refractivity contribution in [2.24, 2.45) is 11.8 Å². The first-order valence-corrected chi connectivity index (χ1v) is 7.35. The fourth-order valence-corrected chi connectivity index (χ4v) is 3.23.